The quantitative estimate of drug-likeness (QED) is 0.633. The van der Waals surface area contributed by atoms with Gasteiger partial charge in [-0.05, 0) is 18.2 Å². The first kappa shape index (κ1) is 17.2. The fraction of sp³-hybridized carbons (Fsp3) is 0.500. The highest BCUT2D eigenvalue weighted by molar-refractivity contribution is 5.96. The minimum Gasteiger partial charge on any atom is -0.340 e. The number of anilines is 1. The molecule has 7 heteroatoms. The largest absolute Gasteiger partial charge is 0.340 e. The first-order chi connectivity index (χ1) is 11.0. The Hall–Kier alpha value is -2.15. The van der Waals surface area contributed by atoms with Gasteiger partial charge in [-0.1, -0.05) is 6.07 Å². The summed E-state index contributed by atoms with van der Waals surface area (Å²) in [6.07, 6.45) is 1.13. The van der Waals surface area contributed by atoms with E-state index in [-0.39, 0.29) is 30.2 Å². The summed E-state index contributed by atoms with van der Waals surface area (Å²) >= 11 is 0. The van der Waals surface area contributed by atoms with Crippen LogP contribution < -0.4 is 20.4 Å². The number of halogens is 1. The molecule has 1 saturated heterocycles. The van der Waals surface area contributed by atoms with Gasteiger partial charge in [-0.15, -0.1) is 0 Å². The lowest BCUT2D eigenvalue weighted by atomic mass is 10.2. The van der Waals surface area contributed by atoms with Crippen LogP contribution in [-0.2, 0) is 4.79 Å². The lowest BCUT2D eigenvalue weighted by Crippen LogP contribution is -3.05. The summed E-state index contributed by atoms with van der Waals surface area (Å²) < 4.78 is 13.3. The molecule has 0 bridgehead atoms. The number of urea groups is 1. The zero-order valence-electron chi connectivity index (χ0n) is 13.6. The van der Waals surface area contributed by atoms with Gasteiger partial charge in [-0.25, -0.2) is 9.18 Å². The van der Waals surface area contributed by atoms with Gasteiger partial charge < -0.3 is 20.4 Å². The van der Waals surface area contributed by atoms with Gasteiger partial charge in [-0.2, -0.15) is 0 Å². The Morgan fingerprint density at radius 2 is 2.22 bits per heavy atom. The average molecular weight is 323 g/mol. The molecule has 2 rings (SSSR count). The molecule has 0 spiro atoms. The molecule has 0 aromatic heterocycles. The summed E-state index contributed by atoms with van der Waals surface area (Å²) in [5, 5.41) is 5.59. The number of carbonyl (C=O) groups is 2. The Balaban J connectivity index is 1.80. The standard InChI is InChI=1S/C16H23FN4O2/c1-20(2)8-4-7-18-16(23)19-13-10-15(22)21(11-13)14-6-3-5-12(17)9-14/h3,5-6,9,13H,4,7-8,10-11H2,1-2H3,(H2,18,19,23)/p+1/t13-/m1/s1. The topological polar surface area (TPSA) is 65.9 Å². The molecule has 3 N–H and O–H groups in total. The van der Waals surface area contributed by atoms with Crippen LogP contribution in [0.25, 0.3) is 0 Å². The van der Waals surface area contributed by atoms with Crippen LogP contribution in [0.2, 0.25) is 0 Å². The summed E-state index contributed by atoms with van der Waals surface area (Å²) in [6, 6.07) is 5.39. The maximum Gasteiger partial charge on any atom is 0.315 e. The molecule has 1 fully saturated rings. The van der Waals surface area contributed by atoms with Crippen molar-refractivity contribution in [2.75, 3.05) is 38.6 Å². The molecular weight excluding hydrogens is 299 g/mol. The van der Waals surface area contributed by atoms with Gasteiger partial charge >= 0.3 is 6.03 Å². The van der Waals surface area contributed by atoms with E-state index in [1.54, 1.807) is 12.1 Å². The van der Waals surface area contributed by atoms with E-state index in [2.05, 4.69) is 24.7 Å². The number of hydrogen-bond acceptors (Lipinski definition) is 2. The highest BCUT2D eigenvalue weighted by Crippen LogP contribution is 2.22. The van der Waals surface area contributed by atoms with Crippen LogP contribution in [0.5, 0.6) is 0 Å². The predicted molar refractivity (Wildman–Crippen MR) is 86.0 cm³/mol. The number of carbonyl (C=O) groups excluding carboxylic acids is 2. The number of benzene rings is 1. The molecule has 126 valence electrons. The van der Waals surface area contributed by atoms with Crippen molar-refractivity contribution in [3.8, 4) is 0 Å². The number of nitrogens with one attached hydrogen (secondary N) is 3. The normalized spacial score (nSPS) is 17.7. The molecule has 1 aromatic rings. The van der Waals surface area contributed by atoms with Crippen molar-refractivity contribution in [3.63, 3.8) is 0 Å². The lowest BCUT2D eigenvalue weighted by molar-refractivity contribution is -0.858. The Labute approximate surface area is 135 Å². The van der Waals surface area contributed by atoms with E-state index in [1.165, 1.54) is 21.9 Å². The summed E-state index contributed by atoms with van der Waals surface area (Å²) in [4.78, 5) is 26.7. The van der Waals surface area contributed by atoms with Gasteiger partial charge in [0, 0.05) is 31.6 Å². The summed E-state index contributed by atoms with van der Waals surface area (Å²) in [7, 11) is 4.12. The molecule has 1 aliphatic heterocycles. The highest BCUT2D eigenvalue weighted by atomic mass is 19.1. The second-order valence-electron chi connectivity index (χ2n) is 6.10. The molecule has 0 unspecified atom stereocenters. The maximum absolute atomic E-state index is 13.3. The van der Waals surface area contributed by atoms with Crippen LogP contribution in [0, 0.1) is 5.82 Å². The third-order valence-electron chi connectivity index (χ3n) is 3.72. The minimum atomic E-state index is -0.382. The van der Waals surface area contributed by atoms with Gasteiger partial charge in [-0.3, -0.25) is 4.79 Å². The molecule has 1 heterocycles. The fourth-order valence-corrected chi connectivity index (χ4v) is 2.58. The van der Waals surface area contributed by atoms with E-state index in [4.69, 9.17) is 0 Å². The second-order valence-corrected chi connectivity index (χ2v) is 6.10. The van der Waals surface area contributed by atoms with Crippen LogP contribution in [0.4, 0.5) is 14.9 Å². The Morgan fingerprint density at radius 3 is 2.91 bits per heavy atom. The lowest BCUT2D eigenvalue weighted by Gasteiger charge is -2.17. The highest BCUT2D eigenvalue weighted by Gasteiger charge is 2.31. The predicted octanol–water partition coefficient (Wildman–Crippen LogP) is -0.235. The molecule has 0 saturated carbocycles. The third kappa shape index (κ3) is 5.21. The number of nitrogens with zero attached hydrogens (tertiary/aromatic N) is 1. The van der Waals surface area contributed by atoms with Crippen LogP contribution >= 0.6 is 0 Å². The van der Waals surface area contributed by atoms with Crippen molar-refractivity contribution in [2.24, 2.45) is 0 Å². The molecule has 0 aliphatic carbocycles. The second kappa shape index (κ2) is 7.92. The van der Waals surface area contributed by atoms with Crippen molar-refractivity contribution in [3.05, 3.63) is 30.1 Å². The fourth-order valence-electron chi connectivity index (χ4n) is 2.58. The molecule has 3 amide bonds. The van der Waals surface area contributed by atoms with Gasteiger partial charge in [0.25, 0.3) is 0 Å². The smallest absolute Gasteiger partial charge is 0.315 e. The molecular formula is C16H24FN4O2+. The van der Waals surface area contributed by atoms with Gasteiger partial charge in [0.15, 0.2) is 0 Å². The third-order valence-corrected chi connectivity index (χ3v) is 3.72. The van der Waals surface area contributed by atoms with Crippen LogP contribution in [0.15, 0.2) is 24.3 Å². The van der Waals surface area contributed by atoms with E-state index in [0.717, 1.165) is 13.0 Å². The molecule has 23 heavy (non-hydrogen) atoms. The van der Waals surface area contributed by atoms with E-state index in [0.29, 0.717) is 18.8 Å². The Kier molecular flexibility index (Phi) is 5.92. The summed E-state index contributed by atoms with van der Waals surface area (Å²) in [5.41, 5.74) is 0.522. The van der Waals surface area contributed by atoms with Gasteiger partial charge in [0.05, 0.1) is 26.7 Å². The minimum absolute atomic E-state index is 0.114. The van der Waals surface area contributed by atoms with Gasteiger partial charge in [0.2, 0.25) is 5.91 Å². The molecule has 1 aliphatic rings. The van der Waals surface area contributed by atoms with Crippen molar-refractivity contribution < 1.29 is 18.9 Å². The number of amides is 3. The zero-order chi connectivity index (χ0) is 16.8. The van der Waals surface area contributed by atoms with E-state index >= 15 is 0 Å². The van der Waals surface area contributed by atoms with Crippen LogP contribution in [-0.4, -0.2) is 51.7 Å². The molecule has 0 radical (unpaired) electrons. The number of quaternary nitrogens is 1. The first-order valence-electron chi connectivity index (χ1n) is 7.85. The van der Waals surface area contributed by atoms with Crippen LogP contribution in [0.1, 0.15) is 12.8 Å². The SMILES string of the molecule is C[NH+](C)CCCNC(=O)N[C@@H]1CC(=O)N(c2cccc(F)c2)C1. The van der Waals surface area contributed by atoms with Crippen LogP contribution in [0.3, 0.4) is 0 Å². The monoisotopic (exact) mass is 323 g/mol. The van der Waals surface area contributed by atoms with E-state index in [9.17, 15) is 14.0 Å². The van der Waals surface area contributed by atoms with Crippen molar-refractivity contribution >= 4 is 17.6 Å². The summed E-state index contributed by atoms with van der Waals surface area (Å²) in [5.74, 6) is -0.496. The van der Waals surface area contributed by atoms with Crippen molar-refractivity contribution in [1.82, 2.24) is 10.6 Å². The first-order valence-corrected chi connectivity index (χ1v) is 7.85. The molecule has 6 nitrogen and oxygen atoms in total. The average Bonchev–Trinajstić information content (AvgIpc) is 2.84. The Morgan fingerprint density at radius 1 is 1.43 bits per heavy atom. The summed E-state index contributed by atoms with van der Waals surface area (Å²) in [6.45, 7) is 1.94. The Bertz CT molecular complexity index is 565. The maximum atomic E-state index is 13.3. The zero-order valence-corrected chi connectivity index (χ0v) is 13.6. The number of rotatable bonds is 6. The molecule has 1 atom stereocenters. The van der Waals surface area contributed by atoms with Gasteiger partial charge in [0.1, 0.15) is 5.82 Å². The van der Waals surface area contributed by atoms with E-state index in [1.807, 2.05) is 0 Å². The van der Waals surface area contributed by atoms with E-state index < -0.39 is 0 Å². The molecule has 1 aromatic carbocycles. The number of hydrogen-bond donors (Lipinski definition) is 3. The van der Waals surface area contributed by atoms with Crippen molar-refractivity contribution in [2.45, 2.75) is 18.9 Å². The van der Waals surface area contributed by atoms with Crippen molar-refractivity contribution in [1.29, 1.82) is 0 Å².